The maximum atomic E-state index is 13.3. The van der Waals surface area contributed by atoms with Crippen molar-refractivity contribution in [1.29, 1.82) is 0 Å². The Balaban J connectivity index is 1.35. The van der Waals surface area contributed by atoms with Crippen molar-refractivity contribution in [2.24, 2.45) is 5.92 Å². The number of halogens is 2. The van der Waals surface area contributed by atoms with Crippen LogP contribution in [0.15, 0.2) is 54.6 Å². The third kappa shape index (κ3) is 4.62. The summed E-state index contributed by atoms with van der Waals surface area (Å²) in [5.41, 5.74) is 3.15. The molecule has 1 aliphatic heterocycles. The molecule has 0 spiro atoms. The highest BCUT2D eigenvalue weighted by atomic mass is 19.1. The Kier molecular flexibility index (Phi) is 5.70. The highest BCUT2D eigenvalue weighted by Gasteiger charge is 2.26. The molecule has 0 atom stereocenters. The number of piperidine rings is 1. The van der Waals surface area contributed by atoms with Gasteiger partial charge in [-0.15, -0.1) is 10.2 Å². The highest BCUT2D eigenvalue weighted by Crippen LogP contribution is 2.25. The van der Waals surface area contributed by atoms with Crippen LogP contribution >= 0.6 is 0 Å². The molecule has 0 aliphatic carbocycles. The fraction of sp³-hybridized carbons (Fsp3) is 0.261. The van der Waals surface area contributed by atoms with E-state index in [2.05, 4.69) is 26.5 Å². The molecule has 2 heterocycles. The van der Waals surface area contributed by atoms with Gasteiger partial charge in [-0.3, -0.25) is 4.79 Å². The summed E-state index contributed by atoms with van der Waals surface area (Å²) in [7, 11) is 0. The monoisotopic (exact) mass is 408 g/mol. The second kappa shape index (κ2) is 8.57. The first kappa shape index (κ1) is 19.9. The van der Waals surface area contributed by atoms with E-state index < -0.39 is 11.6 Å². The minimum absolute atomic E-state index is 0.137. The van der Waals surface area contributed by atoms with Crippen molar-refractivity contribution < 1.29 is 13.6 Å². The molecule has 4 rings (SSSR count). The first-order valence-corrected chi connectivity index (χ1v) is 9.90. The lowest BCUT2D eigenvalue weighted by molar-refractivity contribution is -0.120. The summed E-state index contributed by atoms with van der Waals surface area (Å²) in [6, 6.07) is 15.0. The van der Waals surface area contributed by atoms with Crippen LogP contribution in [0.5, 0.6) is 0 Å². The van der Waals surface area contributed by atoms with E-state index in [0.29, 0.717) is 25.9 Å². The van der Waals surface area contributed by atoms with Crippen LogP contribution < -0.4 is 10.2 Å². The van der Waals surface area contributed by atoms with Gasteiger partial charge in [-0.2, -0.15) is 0 Å². The van der Waals surface area contributed by atoms with Gasteiger partial charge in [-0.25, -0.2) is 8.78 Å². The first-order valence-electron chi connectivity index (χ1n) is 9.90. The standard InChI is InChI=1S/C23H22F2N4O/c1-15-3-2-4-17(11-15)21-5-6-22(28-27-21)29-9-7-16(8-10-29)23(30)26-20-13-18(24)12-19(25)14-20/h2-6,11-14,16H,7-10H2,1H3,(H,26,30). The Labute approximate surface area is 173 Å². The molecule has 7 heteroatoms. The zero-order valence-corrected chi connectivity index (χ0v) is 16.6. The highest BCUT2D eigenvalue weighted by molar-refractivity contribution is 5.92. The molecule has 1 fully saturated rings. The average molecular weight is 408 g/mol. The lowest BCUT2D eigenvalue weighted by Crippen LogP contribution is -2.38. The molecule has 0 unspecified atom stereocenters. The van der Waals surface area contributed by atoms with E-state index in [9.17, 15) is 13.6 Å². The van der Waals surface area contributed by atoms with Crippen LogP contribution in [0.3, 0.4) is 0 Å². The zero-order chi connectivity index (χ0) is 21.1. The molecule has 30 heavy (non-hydrogen) atoms. The Morgan fingerprint density at radius 2 is 1.73 bits per heavy atom. The largest absolute Gasteiger partial charge is 0.355 e. The Morgan fingerprint density at radius 3 is 2.37 bits per heavy atom. The van der Waals surface area contributed by atoms with Gasteiger partial charge in [-0.05, 0) is 50.1 Å². The van der Waals surface area contributed by atoms with Gasteiger partial charge in [0.1, 0.15) is 11.6 Å². The number of amides is 1. The minimum Gasteiger partial charge on any atom is -0.355 e. The Hall–Kier alpha value is -3.35. The molecular weight excluding hydrogens is 386 g/mol. The summed E-state index contributed by atoms with van der Waals surface area (Å²) in [5.74, 6) is -1.09. The van der Waals surface area contributed by atoms with Crippen LogP contribution in [-0.2, 0) is 4.79 Å². The maximum absolute atomic E-state index is 13.3. The number of hydrogen-bond donors (Lipinski definition) is 1. The van der Waals surface area contributed by atoms with Crippen molar-refractivity contribution in [1.82, 2.24) is 10.2 Å². The third-order valence-corrected chi connectivity index (χ3v) is 5.28. The van der Waals surface area contributed by atoms with Gasteiger partial charge in [0.2, 0.25) is 5.91 Å². The lowest BCUT2D eigenvalue weighted by Gasteiger charge is -2.31. The smallest absolute Gasteiger partial charge is 0.227 e. The van der Waals surface area contributed by atoms with Gasteiger partial charge in [-0.1, -0.05) is 23.8 Å². The first-order chi connectivity index (χ1) is 14.5. The fourth-order valence-corrected chi connectivity index (χ4v) is 3.69. The SMILES string of the molecule is Cc1cccc(-c2ccc(N3CCC(C(=O)Nc4cc(F)cc(F)c4)CC3)nn2)c1. The van der Waals surface area contributed by atoms with Gasteiger partial charge in [0.05, 0.1) is 5.69 Å². The second-order valence-electron chi connectivity index (χ2n) is 7.55. The van der Waals surface area contributed by atoms with Crippen molar-refractivity contribution >= 4 is 17.4 Å². The molecule has 0 radical (unpaired) electrons. The minimum atomic E-state index is -0.715. The van der Waals surface area contributed by atoms with Crippen LogP contribution in [-0.4, -0.2) is 29.2 Å². The normalized spacial score (nSPS) is 14.6. The summed E-state index contributed by atoms with van der Waals surface area (Å²) in [6.07, 6.45) is 1.26. The maximum Gasteiger partial charge on any atom is 0.227 e. The number of nitrogens with one attached hydrogen (secondary N) is 1. The third-order valence-electron chi connectivity index (χ3n) is 5.28. The van der Waals surface area contributed by atoms with Gasteiger partial charge in [0.25, 0.3) is 0 Å². The lowest BCUT2D eigenvalue weighted by atomic mass is 9.95. The number of nitrogens with zero attached hydrogens (tertiary/aromatic N) is 3. The molecular formula is C23H22F2N4O. The number of rotatable bonds is 4. The van der Waals surface area contributed by atoms with Crippen molar-refractivity contribution in [3.63, 3.8) is 0 Å². The van der Waals surface area contributed by atoms with E-state index in [1.54, 1.807) is 0 Å². The number of anilines is 2. The van der Waals surface area contributed by atoms with Gasteiger partial charge < -0.3 is 10.2 Å². The van der Waals surface area contributed by atoms with Crippen LogP contribution in [0.4, 0.5) is 20.3 Å². The molecule has 154 valence electrons. The Bertz CT molecular complexity index is 1030. The van der Waals surface area contributed by atoms with Crippen LogP contribution in [0.25, 0.3) is 11.3 Å². The number of carbonyl (C=O) groups excluding carboxylic acids is 1. The summed E-state index contributed by atoms with van der Waals surface area (Å²) >= 11 is 0. The van der Waals surface area contributed by atoms with Gasteiger partial charge in [0.15, 0.2) is 5.82 Å². The van der Waals surface area contributed by atoms with E-state index in [0.717, 1.165) is 35.3 Å². The van der Waals surface area contributed by atoms with Crippen molar-refractivity contribution in [3.8, 4) is 11.3 Å². The molecule has 0 saturated carbocycles. The topological polar surface area (TPSA) is 58.1 Å². The van der Waals surface area contributed by atoms with Crippen molar-refractivity contribution in [3.05, 3.63) is 71.8 Å². The average Bonchev–Trinajstić information content (AvgIpc) is 2.73. The molecule has 1 N–H and O–H groups in total. The zero-order valence-electron chi connectivity index (χ0n) is 16.6. The number of aryl methyl sites for hydroxylation is 1. The summed E-state index contributed by atoms with van der Waals surface area (Å²) in [6.45, 7) is 3.36. The van der Waals surface area contributed by atoms with Crippen molar-refractivity contribution in [2.75, 3.05) is 23.3 Å². The molecule has 2 aromatic carbocycles. The van der Waals surface area contributed by atoms with E-state index in [4.69, 9.17) is 0 Å². The number of benzene rings is 2. The summed E-state index contributed by atoms with van der Waals surface area (Å²) in [4.78, 5) is 14.6. The predicted molar refractivity (Wildman–Crippen MR) is 112 cm³/mol. The molecule has 0 bridgehead atoms. The molecule has 1 amide bonds. The number of carbonyl (C=O) groups is 1. The summed E-state index contributed by atoms with van der Waals surface area (Å²) < 4.78 is 26.6. The fourth-order valence-electron chi connectivity index (χ4n) is 3.69. The summed E-state index contributed by atoms with van der Waals surface area (Å²) in [5, 5.41) is 11.3. The van der Waals surface area contributed by atoms with Crippen LogP contribution in [0.2, 0.25) is 0 Å². The van der Waals surface area contributed by atoms with E-state index >= 15 is 0 Å². The van der Waals surface area contributed by atoms with Crippen molar-refractivity contribution in [2.45, 2.75) is 19.8 Å². The molecule has 5 nitrogen and oxygen atoms in total. The number of aromatic nitrogens is 2. The van der Waals surface area contributed by atoms with Gasteiger partial charge in [0, 0.05) is 36.3 Å². The van der Waals surface area contributed by atoms with E-state index in [1.165, 1.54) is 5.56 Å². The van der Waals surface area contributed by atoms with E-state index in [1.807, 2.05) is 37.3 Å². The molecule has 1 aliphatic rings. The van der Waals surface area contributed by atoms with Crippen LogP contribution in [0.1, 0.15) is 18.4 Å². The Morgan fingerprint density at radius 1 is 1.00 bits per heavy atom. The van der Waals surface area contributed by atoms with Gasteiger partial charge >= 0.3 is 0 Å². The second-order valence-corrected chi connectivity index (χ2v) is 7.55. The van der Waals surface area contributed by atoms with E-state index in [-0.39, 0.29) is 17.5 Å². The molecule has 3 aromatic rings. The quantitative estimate of drug-likeness (QED) is 0.686. The predicted octanol–water partition coefficient (Wildman–Crippen LogP) is 4.59. The van der Waals surface area contributed by atoms with Crippen LogP contribution in [0, 0.1) is 24.5 Å². The number of hydrogen-bond acceptors (Lipinski definition) is 4. The molecule has 1 aromatic heterocycles. The molecule has 1 saturated heterocycles.